The molecule has 0 bridgehead atoms. The second-order valence-corrected chi connectivity index (χ2v) is 5.30. The highest BCUT2D eigenvalue weighted by molar-refractivity contribution is 5.83. The van der Waals surface area contributed by atoms with Crippen molar-refractivity contribution in [2.75, 3.05) is 6.54 Å². The Morgan fingerprint density at radius 1 is 1.33 bits per heavy atom. The fourth-order valence-electron chi connectivity index (χ4n) is 2.75. The molecule has 3 nitrogen and oxygen atoms in total. The molecule has 0 heterocycles. The highest BCUT2D eigenvalue weighted by Gasteiger charge is 2.40. The number of rotatable bonds is 4. The number of benzene rings is 1. The minimum Gasteiger partial charge on any atom is -0.349 e. The van der Waals surface area contributed by atoms with E-state index in [-0.39, 0.29) is 17.4 Å². The molecule has 3 heteroatoms. The molecule has 1 amide bonds. The lowest BCUT2D eigenvalue weighted by atomic mass is 9.85. The van der Waals surface area contributed by atoms with Gasteiger partial charge >= 0.3 is 0 Å². The van der Waals surface area contributed by atoms with Gasteiger partial charge in [-0.05, 0) is 25.3 Å². The Kier molecular flexibility index (Phi) is 4.02. The van der Waals surface area contributed by atoms with Crippen LogP contribution in [0.5, 0.6) is 0 Å². The lowest BCUT2D eigenvalue weighted by Gasteiger charge is -2.28. The van der Waals surface area contributed by atoms with E-state index >= 15 is 0 Å². The van der Waals surface area contributed by atoms with Crippen LogP contribution in [0.15, 0.2) is 30.3 Å². The zero-order chi connectivity index (χ0) is 13.0. The molecule has 1 saturated carbocycles. The van der Waals surface area contributed by atoms with Crippen molar-refractivity contribution in [2.45, 2.75) is 38.6 Å². The molecular formula is C15H22N2O. The lowest BCUT2D eigenvalue weighted by Crippen LogP contribution is -2.44. The SMILES string of the molecule is C[C@@H](NC(=O)C1(CN)CCCC1)c1ccccc1. The quantitative estimate of drug-likeness (QED) is 0.857. The third kappa shape index (κ3) is 2.56. The van der Waals surface area contributed by atoms with Crippen molar-refractivity contribution in [3.63, 3.8) is 0 Å². The van der Waals surface area contributed by atoms with Gasteiger partial charge in [0.05, 0.1) is 11.5 Å². The highest BCUT2D eigenvalue weighted by atomic mass is 16.2. The first-order chi connectivity index (χ1) is 8.68. The largest absolute Gasteiger partial charge is 0.349 e. The first-order valence-corrected chi connectivity index (χ1v) is 6.74. The fraction of sp³-hybridized carbons (Fsp3) is 0.533. The van der Waals surface area contributed by atoms with Crippen LogP contribution in [0.4, 0.5) is 0 Å². The van der Waals surface area contributed by atoms with E-state index in [0.717, 1.165) is 31.2 Å². The molecular weight excluding hydrogens is 224 g/mol. The van der Waals surface area contributed by atoms with Crippen LogP contribution in [0.1, 0.15) is 44.2 Å². The molecule has 0 aromatic heterocycles. The lowest BCUT2D eigenvalue weighted by molar-refractivity contribution is -0.131. The van der Waals surface area contributed by atoms with Crippen LogP contribution in [-0.4, -0.2) is 12.5 Å². The molecule has 1 aromatic carbocycles. The number of nitrogens with two attached hydrogens (primary N) is 1. The number of carbonyl (C=O) groups is 1. The minimum absolute atomic E-state index is 0.0442. The van der Waals surface area contributed by atoms with Crippen LogP contribution in [0.3, 0.4) is 0 Å². The van der Waals surface area contributed by atoms with Gasteiger partial charge in [-0.25, -0.2) is 0 Å². The van der Waals surface area contributed by atoms with Crippen LogP contribution < -0.4 is 11.1 Å². The Labute approximate surface area is 109 Å². The van der Waals surface area contributed by atoms with Gasteiger partial charge in [-0.2, -0.15) is 0 Å². The molecule has 0 radical (unpaired) electrons. The predicted molar refractivity (Wildman–Crippen MR) is 73.0 cm³/mol. The number of hydrogen-bond donors (Lipinski definition) is 2. The van der Waals surface area contributed by atoms with E-state index in [1.165, 1.54) is 0 Å². The third-order valence-electron chi connectivity index (χ3n) is 4.08. The zero-order valence-electron chi connectivity index (χ0n) is 11.0. The van der Waals surface area contributed by atoms with Gasteiger partial charge in [0.1, 0.15) is 0 Å². The number of carbonyl (C=O) groups excluding carboxylic acids is 1. The maximum absolute atomic E-state index is 12.4. The van der Waals surface area contributed by atoms with Gasteiger partial charge in [-0.3, -0.25) is 4.79 Å². The normalized spacial score (nSPS) is 19.4. The molecule has 18 heavy (non-hydrogen) atoms. The minimum atomic E-state index is -0.316. The Morgan fingerprint density at radius 2 is 1.94 bits per heavy atom. The average molecular weight is 246 g/mol. The summed E-state index contributed by atoms with van der Waals surface area (Å²) in [6.07, 6.45) is 4.09. The first-order valence-electron chi connectivity index (χ1n) is 6.74. The third-order valence-corrected chi connectivity index (χ3v) is 4.08. The van der Waals surface area contributed by atoms with Crippen molar-refractivity contribution < 1.29 is 4.79 Å². The molecule has 98 valence electrons. The van der Waals surface area contributed by atoms with Crippen molar-refractivity contribution in [1.29, 1.82) is 0 Å². The molecule has 0 unspecified atom stereocenters. The second kappa shape index (κ2) is 5.53. The smallest absolute Gasteiger partial charge is 0.227 e. The second-order valence-electron chi connectivity index (χ2n) is 5.30. The van der Waals surface area contributed by atoms with Gasteiger partial charge in [-0.1, -0.05) is 43.2 Å². The van der Waals surface area contributed by atoms with Crippen molar-refractivity contribution in [1.82, 2.24) is 5.32 Å². The van der Waals surface area contributed by atoms with Crippen molar-refractivity contribution in [3.8, 4) is 0 Å². The van der Waals surface area contributed by atoms with Crippen molar-refractivity contribution in [3.05, 3.63) is 35.9 Å². The predicted octanol–water partition coefficient (Wildman–Crippen LogP) is 2.38. The summed E-state index contributed by atoms with van der Waals surface area (Å²) >= 11 is 0. The summed E-state index contributed by atoms with van der Waals surface area (Å²) < 4.78 is 0. The fourth-order valence-corrected chi connectivity index (χ4v) is 2.75. The number of nitrogens with one attached hydrogen (secondary N) is 1. The van der Waals surface area contributed by atoms with E-state index in [2.05, 4.69) is 5.32 Å². The summed E-state index contributed by atoms with van der Waals surface area (Å²) in [4.78, 5) is 12.4. The molecule has 1 aromatic rings. The Morgan fingerprint density at radius 3 is 2.50 bits per heavy atom. The summed E-state index contributed by atoms with van der Waals surface area (Å²) in [5.74, 6) is 0.124. The first kappa shape index (κ1) is 13.1. The van der Waals surface area contributed by atoms with Crippen LogP contribution in [-0.2, 0) is 4.79 Å². The summed E-state index contributed by atoms with van der Waals surface area (Å²) in [7, 11) is 0. The summed E-state index contributed by atoms with van der Waals surface area (Å²) in [6.45, 7) is 2.48. The van der Waals surface area contributed by atoms with Crippen LogP contribution >= 0.6 is 0 Å². The molecule has 0 aliphatic heterocycles. The Balaban J connectivity index is 2.03. The Hall–Kier alpha value is -1.35. The van der Waals surface area contributed by atoms with Gasteiger partial charge in [-0.15, -0.1) is 0 Å². The molecule has 0 saturated heterocycles. The molecule has 2 rings (SSSR count). The number of hydrogen-bond acceptors (Lipinski definition) is 2. The van der Waals surface area contributed by atoms with Crippen LogP contribution in [0.2, 0.25) is 0 Å². The van der Waals surface area contributed by atoms with E-state index in [4.69, 9.17) is 5.73 Å². The van der Waals surface area contributed by atoms with Gasteiger partial charge in [0.15, 0.2) is 0 Å². The van der Waals surface area contributed by atoms with E-state index in [1.54, 1.807) is 0 Å². The molecule has 0 spiro atoms. The van der Waals surface area contributed by atoms with E-state index in [1.807, 2.05) is 37.3 Å². The van der Waals surface area contributed by atoms with E-state index in [9.17, 15) is 4.79 Å². The summed E-state index contributed by atoms with van der Waals surface area (Å²) in [5.41, 5.74) is 6.64. The van der Waals surface area contributed by atoms with Crippen LogP contribution in [0.25, 0.3) is 0 Å². The van der Waals surface area contributed by atoms with Gasteiger partial charge in [0.2, 0.25) is 5.91 Å². The average Bonchev–Trinajstić information content (AvgIpc) is 2.89. The molecule has 1 atom stereocenters. The van der Waals surface area contributed by atoms with Gasteiger partial charge < -0.3 is 11.1 Å². The van der Waals surface area contributed by atoms with E-state index < -0.39 is 0 Å². The standard InChI is InChI=1S/C15H22N2O/c1-12(13-7-3-2-4-8-13)17-14(18)15(11-16)9-5-6-10-15/h2-4,7-8,12H,5-6,9-11,16H2,1H3,(H,17,18)/t12-/m1/s1. The number of amides is 1. The van der Waals surface area contributed by atoms with Crippen molar-refractivity contribution >= 4 is 5.91 Å². The summed E-state index contributed by atoms with van der Waals surface area (Å²) in [6, 6.07) is 10.1. The molecule has 1 aliphatic rings. The Bertz CT molecular complexity index is 396. The molecule has 1 fully saturated rings. The summed E-state index contributed by atoms with van der Waals surface area (Å²) in [5, 5.41) is 3.11. The van der Waals surface area contributed by atoms with Gasteiger partial charge in [0, 0.05) is 6.54 Å². The monoisotopic (exact) mass is 246 g/mol. The highest BCUT2D eigenvalue weighted by Crippen LogP contribution is 2.37. The van der Waals surface area contributed by atoms with Gasteiger partial charge in [0.25, 0.3) is 0 Å². The molecule has 3 N–H and O–H groups in total. The maximum atomic E-state index is 12.4. The maximum Gasteiger partial charge on any atom is 0.227 e. The van der Waals surface area contributed by atoms with E-state index in [0.29, 0.717) is 6.54 Å². The van der Waals surface area contributed by atoms with Crippen LogP contribution in [0, 0.1) is 5.41 Å². The topological polar surface area (TPSA) is 55.1 Å². The van der Waals surface area contributed by atoms with Crippen molar-refractivity contribution in [2.24, 2.45) is 11.1 Å². The molecule has 1 aliphatic carbocycles. The zero-order valence-corrected chi connectivity index (χ0v) is 11.0.